The lowest BCUT2D eigenvalue weighted by atomic mass is 9.66. The molecule has 0 saturated heterocycles. The average molecular weight is 426 g/mol. The van der Waals surface area contributed by atoms with Crippen molar-refractivity contribution in [3.63, 3.8) is 0 Å². The highest BCUT2D eigenvalue weighted by Gasteiger charge is 2.46. The molecule has 0 spiro atoms. The van der Waals surface area contributed by atoms with Gasteiger partial charge >= 0.3 is 5.97 Å². The average Bonchev–Trinajstić information content (AvgIpc) is 2.81. The highest BCUT2D eigenvalue weighted by atomic mass is 16.4. The molecule has 0 aliphatic heterocycles. The molecule has 1 aliphatic rings. The second kappa shape index (κ2) is 9.23. The highest BCUT2D eigenvalue weighted by molar-refractivity contribution is 5.96. The van der Waals surface area contributed by atoms with Crippen LogP contribution < -0.4 is 5.32 Å². The minimum atomic E-state index is -0.968. The van der Waals surface area contributed by atoms with Gasteiger partial charge in [-0.3, -0.25) is 9.59 Å². The third-order valence-corrected chi connectivity index (χ3v) is 6.42. The molecule has 3 aromatic rings. The molecule has 0 fully saturated rings. The van der Waals surface area contributed by atoms with E-state index in [1.807, 2.05) is 105 Å². The molecule has 0 saturated carbocycles. The van der Waals surface area contributed by atoms with Crippen molar-refractivity contribution in [3.8, 4) is 0 Å². The van der Waals surface area contributed by atoms with E-state index in [1.165, 1.54) is 0 Å². The van der Waals surface area contributed by atoms with E-state index in [1.54, 1.807) is 0 Å². The topological polar surface area (TPSA) is 66.4 Å². The highest BCUT2D eigenvalue weighted by Crippen LogP contribution is 2.45. The van der Waals surface area contributed by atoms with E-state index >= 15 is 0 Å². The summed E-state index contributed by atoms with van der Waals surface area (Å²) in [6, 6.07) is 24.9. The molecule has 0 heterocycles. The fraction of sp³-hybridized carbons (Fsp3) is 0.214. The van der Waals surface area contributed by atoms with Crippen LogP contribution >= 0.6 is 0 Å². The number of allylic oxidation sites excluding steroid dienone is 2. The van der Waals surface area contributed by atoms with Gasteiger partial charge in [-0.15, -0.1) is 0 Å². The van der Waals surface area contributed by atoms with Crippen LogP contribution in [0.2, 0.25) is 0 Å². The summed E-state index contributed by atoms with van der Waals surface area (Å²) < 4.78 is 0. The summed E-state index contributed by atoms with van der Waals surface area (Å²) in [6.45, 7) is 4.01. The molecular weight excluding hydrogens is 398 g/mol. The summed E-state index contributed by atoms with van der Waals surface area (Å²) in [5, 5.41) is 13.3. The third-order valence-electron chi connectivity index (χ3n) is 6.42. The largest absolute Gasteiger partial charge is 0.481 e. The molecule has 162 valence electrons. The number of aliphatic carboxylic acids is 1. The first-order chi connectivity index (χ1) is 15.5. The van der Waals surface area contributed by atoms with Crippen LogP contribution in [0, 0.1) is 25.7 Å². The predicted octanol–water partition coefficient (Wildman–Crippen LogP) is 5.70. The smallest absolute Gasteiger partial charge is 0.308 e. The summed E-state index contributed by atoms with van der Waals surface area (Å²) >= 11 is 0. The number of carboxylic acid groups (broad SMARTS) is 1. The van der Waals surface area contributed by atoms with E-state index in [-0.39, 0.29) is 17.7 Å². The van der Waals surface area contributed by atoms with Crippen LogP contribution in [-0.2, 0) is 9.59 Å². The number of carboxylic acids is 1. The van der Waals surface area contributed by atoms with E-state index in [9.17, 15) is 14.7 Å². The standard InChI is InChI=1S/C28H27NO3/c1-18-13-14-22(17-19(18)2)29-27(30)25-23(20-9-5-3-6-10-20)15-16-24(26(25)28(31)32)21-11-7-4-8-12-21/h3-17,23-26H,1-2H3,(H,29,30)(H,31,32)/t23-,24-,25-,26-/m0/s1. The Hall–Kier alpha value is -3.66. The molecule has 4 rings (SSSR count). The van der Waals surface area contributed by atoms with Gasteiger partial charge in [0.2, 0.25) is 5.91 Å². The maximum absolute atomic E-state index is 13.6. The Labute approximate surface area is 188 Å². The van der Waals surface area contributed by atoms with Crippen molar-refractivity contribution in [2.24, 2.45) is 11.8 Å². The predicted molar refractivity (Wildman–Crippen MR) is 127 cm³/mol. The Morgan fingerprint density at radius 1 is 0.719 bits per heavy atom. The van der Waals surface area contributed by atoms with Crippen molar-refractivity contribution in [3.05, 3.63) is 113 Å². The maximum atomic E-state index is 13.6. The van der Waals surface area contributed by atoms with Crippen LogP contribution in [0.15, 0.2) is 91.0 Å². The number of anilines is 1. The molecule has 0 bridgehead atoms. The molecule has 0 unspecified atom stereocenters. The van der Waals surface area contributed by atoms with Crippen molar-refractivity contribution in [2.75, 3.05) is 5.32 Å². The molecular formula is C28H27NO3. The second-order valence-electron chi connectivity index (χ2n) is 8.44. The Balaban J connectivity index is 1.77. The number of carbonyl (C=O) groups is 2. The molecule has 1 aliphatic carbocycles. The second-order valence-corrected chi connectivity index (χ2v) is 8.44. The summed E-state index contributed by atoms with van der Waals surface area (Å²) in [7, 11) is 0. The SMILES string of the molecule is Cc1ccc(NC(=O)[C@@H]2[C@@H](C(=O)O)[C@H](c3ccccc3)C=C[C@H]2c2ccccc2)cc1C. The number of hydrogen-bond acceptors (Lipinski definition) is 2. The monoisotopic (exact) mass is 425 g/mol. The van der Waals surface area contributed by atoms with Gasteiger partial charge in [0.25, 0.3) is 0 Å². The maximum Gasteiger partial charge on any atom is 0.308 e. The minimum absolute atomic E-state index is 0.278. The van der Waals surface area contributed by atoms with Crippen molar-refractivity contribution < 1.29 is 14.7 Å². The molecule has 4 heteroatoms. The molecule has 3 aromatic carbocycles. The van der Waals surface area contributed by atoms with Gasteiger partial charge in [-0.1, -0.05) is 78.9 Å². The lowest BCUT2D eigenvalue weighted by Gasteiger charge is -2.37. The van der Waals surface area contributed by atoms with Gasteiger partial charge in [0.05, 0.1) is 11.8 Å². The van der Waals surface area contributed by atoms with Crippen LogP contribution in [0.1, 0.15) is 34.1 Å². The normalized spacial score (nSPS) is 22.3. The Bertz CT molecular complexity index is 1140. The lowest BCUT2D eigenvalue weighted by molar-refractivity contribution is -0.147. The number of carbonyl (C=O) groups excluding carboxylic acids is 1. The molecule has 4 nitrogen and oxygen atoms in total. The fourth-order valence-electron chi connectivity index (χ4n) is 4.59. The van der Waals surface area contributed by atoms with Crippen molar-refractivity contribution in [1.82, 2.24) is 0 Å². The first-order valence-corrected chi connectivity index (χ1v) is 10.8. The Morgan fingerprint density at radius 3 is 1.75 bits per heavy atom. The molecule has 0 radical (unpaired) electrons. The number of benzene rings is 3. The van der Waals surface area contributed by atoms with Crippen molar-refractivity contribution in [1.29, 1.82) is 0 Å². The van der Waals surface area contributed by atoms with Gasteiger partial charge in [0.15, 0.2) is 0 Å². The molecule has 0 aromatic heterocycles. The Kier molecular flexibility index (Phi) is 6.22. The van der Waals surface area contributed by atoms with Crippen LogP contribution in [0.3, 0.4) is 0 Å². The summed E-state index contributed by atoms with van der Waals surface area (Å²) in [5.74, 6) is -3.61. The summed E-state index contributed by atoms with van der Waals surface area (Å²) in [4.78, 5) is 26.2. The van der Waals surface area contributed by atoms with Crippen LogP contribution in [0.5, 0.6) is 0 Å². The number of nitrogens with one attached hydrogen (secondary N) is 1. The summed E-state index contributed by atoms with van der Waals surface area (Å²) in [6.07, 6.45) is 3.95. The van der Waals surface area contributed by atoms with E-state index < -0.39 is 17.8 Å². The van der Waals surface area contributed by atoms with Crippen LogP contribution in [0.25, 0.3) is 0 Å². The van der Waals surface area contributed by atoms with Gasteiger partial charge in [0, 0.05) is 17.5 Å². The number of amides is 1. The molecule has 4 atom stereocenters. The van der Waals surface area contributed by atoms with E-state index in [2.05, 4.69) is 5.32 Å². The molecule has 2 N–H and O–H groups in total. The van der Waals surface area contributed by atoms with Gasteiger partial charge in [0.1, 0.15) is 0 Å². The quantitative estimate of drug-likeness (QED) is 0.516. The number of aryl methyl sites for hydroxylation is 2. The first-order valence-electron chi connectivity index (χ1n) is 10.8. The zero-order chi connectivity index (χ0) is 22.7. The minimum Gasteiger partial charge on any atom is -0.481 e. The van der Waals surface area contributed by atoms with Gasteiger partial charge in [-0.25, -0.2) is 0 Å². The molecule has 1 amide bonds. The first kappa shape index (κ1) is 21.6. The third kappa shape index (κ3) is 4.35. The van der Waals surface area contributed by atoms with E-state index in [0.717, 1.165) is 22.3 Å². The molecule has 32 heavy (non-hydrogen) atoms. The van der Waals surface area contributed by atoms with E-state index in [0.29, 0.717) is 5.69 Å². The van der Waals surface area contributed by atoms with Crippen LogP contribution in [-0.4, -0.2) is 17.0 Å². The Morgan fingerprint density at radius 2 is 1.25 bits per heavy atom. The van der Waals surface area contributed by atoms with Crippen molar-refractivity contribution in [2.45, 2.75) is 25.7 Å². The zero-order valence-corrected chi connectivity index (χ0v) is 18.2. The lowest BCUT2D eigenvalue weighted by Crippen LogP contribution is -2.42. The van der Waals surface area contributed by atoms with Gasteiger partial charge in [-0.2, -0.15) is 0 Å². The fourth-order valence-corrected chi connectivity index (χ4v) is 4.59. The van der Waals surface area contributed by atoms with Crippen molar-refractivity contribution >= 4 is 17.6 Å². The number of hydrogen-bond donors (Lipinski definition) is 2. The van der Waals surface area contributed by atoms with E-state index in [4.69, 9.17) is 0 Å². The zero-order valence-electron chi connectivity index (χ0n) is 18.2. The van der Waals surface area contributed by atoms with Crippen LogP contribution in [0.4, 0.5) is 5.69 Å². The van der Waals surface area contributed by atoms with Gasteiger partial charge < -0.3 is 10.4 Å². The summed E-state index contributed by atoms with van der Waals surface area (Å²) in [5.41, 5.74) is 4.72. The van der Waals surface area contributed by atoms with Gasteiger partial charge in [-0.05, 0) is 48.2 Å². The number of rotatable bonds is 5.